The van der Waals surface area contributed by atoms with Crippen LogP contribution in [0.15, 0.2) is 39.7 Å². The van der Waals surface area contributed by atoms with E-state index in [1.807, 2.05) is 6.92 Å². The lowest BCUT2D eigenvalue weighted by molar-refractivity contribution is 0.0996. The number of rotatable bonds is 2. The maximum atomic E-state index is 11.9. The molecule has 3 rings (SSSR count). The number of aromatic amines is 2. The van der Waals surface area contributed by atoms with Crippen molar-refractivity contribution in [2.45, 2.75) is 6.92 Å². The molecule has 0 unspecified atom stereocenters. The first-order chi connectivity index (χ1) is 9.13. The number of aryl methyl sites for hydroxylation is 1. The van der Waals surface area contributed by atoms with Crippen LogP contribution < -0.4 is 11.0 Å². The summed E-state index contributed by atoms with van der Waals surface area (Å²) in [6, 6.07) is 6.74. The zero-order chi connectivity index (χ0) is 13.4. The second-order valence-electron chi connectivity index (χ2n) is 4.22. The number of furan rings is 1. The first-order valence-electron chi connectivity index (χ1n) is 5.71. The van der Waals surface area contributed by atoms with E-state index in [2.05, 4.69) is 15.3 Å². The van der Waals surface area contributed by atoms with Crippen molar-refractivity contribution in [3.63, 3.8) is 0 Å². The number of hydrogen-bond acceptors (Lipinski definition) is 3. The predicted octanol–water partition coefficient (Wildman–Crippen LogP) is 2.01. The maximum absolute atomic E-state index is 11.9. The highest BCUT2D eigenvalue weighted by Crippen LogP contribution is 2.21. The van der Waals surface area contributed by atoms with Crippen LogP contribution in [0.4, 0.5) is 5.69 Å². The molecule has 1 aromatic carbocycles. The van der Waals surface area contributed by atoms with Crippen molar-refractivity contribution >= 4 is 22.6 Å². The lowest BCUT2D eigenvalue weighted by Crippen LogP contribution is -2.11. The molecule has 6 nitrogen and oxygen atoms in total. The van der Waals surface area contributed by atoms with Gasteiger partial charge in [0.1, 0.15) is 0 Å². The maximum Gasteiger partial charge on any atom is 0.323 e. The zero-order valence-electron chi connectivity index (χ0n) is 10.1. The van der Waals surface area contributed by atoms with E-state index in [0.29, 0.717) is 16.7 Å². The van der Waals surface area contributed by atoms with Crippen LogP contribution in [-0.4, -0.2) is 15.9 Å². The van der Waals surface area contributed by atoms with Gasteiger partial charge in [0.15, 0.2) is 5.76 Å². The molecule has 0 aliphatic heterocycles. The fraction of sp³-hybridized carbons (Fsp3) is 0.0769. The molecule has 3 aromatic rings. The fourth-order valence-corrected chi connectivity index (χ4v) is 1.92. The molecule has 0 atom stereocenters. The Bertz CT molecular complexity index is 796. The number of carbonyl (C=O) groups excluding carboxylic acids is 1. The Morgan fingerprint density at radius 3 is 2.68 bits per heavy atom. The summed E-state index contributed by atoms with van der Waals surface area (Å²) in [5.41, 5.74) is 2.56. The first-order valence-corrected chi connectivity index (χ1v) is 5.71. The van der Waals surface area contributed by atoms with Crippen LogP contribution in [-0.2, 0) is 0 Å². The molecule has 0 aliphatic rings. The molecule has 0 saturated carbocycles. The molecule has 0 bridgehead atoms. The molecule has 96 valence electrons. The van der Waals surface area contributed by atoms with Crippen LogP contribution in [0.2, 0.25) is 0 Å². The highest BCUT2D eigenvalue weighted by atomic mass is 16.3. The Kier molecular flexibility index (Phi) is 2.49. The number of hydrogen-bond donors (Lipinski definition) is 3. The second kappa shape index (κ2) is 4.16. The zero-order valence-corrected chi connectivity index (χ0v) is 10.1. The van der Waals surface area contributed by atoms with Crippen LogP contribution in [0.25, 0.3) is 11.0 Å². The van der Waals surface area contributed by atoms with Crippen molar-refractivity contribution in [3.05, 3.63) is 52.3 Å². The Balaban J connectivity index is 1.98. The Labute approximate surface area is 107 Å². The number of fused-ring (bicyclic) bond motifs is 1. The van der Waals surface area contributed by atoms with Crippen LogP contribution in [0, 0.1) is 6.92 Å². The number of H-pyrrole nitrogens is 2. The van der Waals surface area contributed by atoms with Crippen LogP contribution in [0.5, 0.6) is 0 Å². The lowest BCUT2D eigenvalue weighted by Gasteiger charge is -2.07. The van der Waals surface area contributed by atoms with Crippen molar-refractivity contribution in [1.29, 1.82) is 0 Å². The third-order valence-electron chi connectivity index (χ3n) is 2.85. The smallest absolute Gasteiger partial charge is 0.323 e. The van der Waals surface area contributed by atoms with E-state index in [4.69, 9.17) is 4.42 Å². The van der Waals surface area contributed by atoms with Gasteiger partial charge in [0.05, 0.1) is 17.3 Å². The minimum Gasteiger partial charge on any atom is -0.459 e. The third kappa shape index (κ3) is 2.03. The van der Waals surface area contributed by atoms with Crippen molar-refractivity contribution in [1.82, 2.24) is 9.97 Å². The molecule has 0 fully saturated rings. The van der Waals surface area contributed by atoms with E-state index in [1.165, 1.54) is 6.26 Å². The fourth-order valence-electron chi connectivity index (χ4n) is 1.92. The first kappa shape index (κ1) is 11.3. The topological polar surface area (TPSA) is 90.9 Å². The van der Waals surface area contributed by atoms with Gasteiger partial charge < -0.3 is 19.7 Å². The molecular formula is C13H11N3O3. The predicted molar refractivity (Wildman–Crippen MR) is 70.3 cm³/mol. The molecule has 0 aliphatic carbocycles. The van der Waals surface area contributed by atoms with E-state index in [9.17, 15) is 9.59 Å². The highest BCUT2D eigenvalue weighted by molar-refractivity contribution is 6.03. The van der Waals surface area contributed by atoms with E-state index in [1.54, 1.807) is 24.3 Å². The van der Waals surface area contributed by atoms with E-state index >= 15 is 0 Å². The molecule has 0 saturated heterocycles. The summed E-state index contributed by atoms with van der Waals surface area (Å²) in [4.78, 5) is 28.4. The Morgan fingerprint density at radius 1 is 1.26 bits per heavy atom. The van der Waals surface area contributed by atoms with Crippen molar-refractivity contribution < 1.29 is 9.21 Å². The van der Waals surface area contributed by atoms with Gasteiger partial charge in [-0.15, -0.1) is 0 Å². The lowest BCUT2D eigenvalue weighted by atomic mass is 10.1. The monoisotopic (exact) mass is 257 g/mol. The molecule has 19 heavy (non-hydrogen) atoms. The van der Waals surface area contributed by atoms with Crippen LogP contribution in [0.1, 0.15) is 16.1 Å². The standard InChI is InChI=1S/C13H11N3O3/c1-7-5-9-10(16-13(18)15-9)6-8(7)14-12(17)11-3-2-4-19-11/h2-6H,1H3,(H,14,17)(H2,15,16,18). The SMILES string of the molecule is Cc1cc2[nH]c(=O)[nH]c2cc1NC(=O)c1ccco1. The Hall–Kier alpha value is -2.76. The number of carbonyl (C=O) groups is 1. The van der Waals surface area contributed by atoms with E-state index in [-0.39, 0.29) is 17.4 Å². The summed E-state index contributed by atoms with van der Waals surface area (Å²) in [7, 11) is 0. The van der Waals surface area contributed by atoms with Gasteiger partial charge in [0, 0.05) is 5.69 Å². The molecule has 2 aromatic heterocycles. The average Bonchev–Trinajstić information content (AvgIpc) is 2.97. The van der Waals surface area contributed by atoms with E-state index in [0.717, 1.165) is 5.56 Å². The van der Waals surface area contributed by atoms with Crippen LogP contribution in [0.3, 0.4) is 0 Å². The number of aromatic nitrogens is 2. The minimum absolute atomic E-state index is 0.238. The third-order valence-corrected chi connectivity index (χ3v) is 2.85. The van der Waals surface area contributed by atoms with E-state index < -0.39 is 0 Å². The van der Waals surface area contributed by atoms with Gasteiger partial charge in [0.25, 0.3) is 5.91 Å². The van der Waals surface area contributed by atoms with Crippen molar-refractivity contribution in [2.75, 3.05) is 5.32 Å². The number of nitrogens with one attached hydrogen (secondary N) is 3. The molecule has 2 heterocycles. The number of imidazole rings is 1. The van der Waals surface area contributed by atoms with Gasteiger partial charge >= 0.3 is 5.69 Å². The van der Waals surface area contributed by atoms with Gasteiger partial charge in [-0.05, 0) is 36.8 Å². The molecule has 6 heteroatoms. The molecule has 1 amide bonds. The largest absolute Gasteiger partial charge is 0.459 e. The Morgan fingerprint density at radius 2 is 2.00 bits per heavy atom. The molecule has 0 radical (unpaired) electrons. The minimum atomic E-state index is -0.328. The molecular weight excluding hydrogens is 246 g/mol. The van der Waals surface area contributed by atoms with Gasteiger partial charge in [-0.25, -0.2) is 4.79 Å². The van der Waals surface area contributed by atoms with Gasteiger partial charge in [-0.3, -0.25) is 4.79 Å². The number of amides is 1. The molecule has 3 N–H and O–H groups in total. The summed E-state index contributed by atoms with van der Waals surface area (Å²) in [5, 5.41) is 2.75. The van der Waals surface area contributed by atoms with Crippen molar-refractivity contribution in [2.24, 2.45) is 0 Å². The van der Waals surface area contributed by atoms with Crippen LogP contribution >= 0.6 is 0 Å². The number of anilines is 1. The summed E-state index contributed by atoms with van der Waals surface area (Å²) >= 11 is 0. The van der Waals surface area contributed by atoms with Gasteiger partial charge in [0.2, 0.25) is 0 Å². The summed E-state index contributed by atoms with van der Waals surface area (Å²) in [6.45, 7) is 1.85. The number of benzene rings is 1. The summed E-state index contributed by atoms with van der Waals surface area (Å²) in [5.74, 6) is -0.0904. The van der Waals surface area contributed by atoms with Gasteiger partial charge in [-0.1, -0.05) is 0 Å². The second-order valence-corrected chi connectivity index (χ2v) is 4.22. The normalized spacial score (nSPS) is 10.8. The molecule has 0 spiro atoms. The highest BCUT2D eigenvalue weighted by Gasteiger charge is 2.11. The summed E-state index contributed by atoms with van der Waals surface area (Å²) < 4.78 is 5.02. The van der Waals surface area contributed by atoms with Gasteiger partial charge in [-0.2, -0.15) is 0 Å². The summed E-state index contributed by atoms with van der Waals surface area (Å²) in [6.07, 6.45) is 1.44. The quantitative estimate of drug-likeness (QED) is 0.655. The average molecular weight is 257 g/mol. The van der Waals surface area contributed by atoms with Crippen molar-refractivity contribution in [3.8, 4) is 0 Å².